The average molecular weight is 302 g/mol. The highest BCUT2D eigenvalue weighted by Crippen LogP contribution is 2.18. The molecule has 23 heavy (non-hydrogen) atoms. The van der Waals surface area contributed by atoms with Gasteiger partial charge in [0.1, 0.15) is 12.7 Å². The van der Waals surface area contributed by atoms with Gasteiger partial charge in [0.25, 0.3) is 5.56 Å². The van der Waals surface area contributed by atoms with Crippen molar-refractivity contribution < 1.29 is 0 Å². The zero-order chi connectivity index (χ0) is 15.6. The van der Waals surface area contributed by atoms with Gasteiger partial charge in [0.05, 0.1) is 12.1 Å². The van der Waals surface area contributed by atoms with Crippen LogP contribution in [0, 0.1) is 0 Å². The molecule has 5 heteroatoms. The SMILES string of the molecule is O=c1c(Cn2cnnc2)cc2ccccc2n1-c1ccccc1. The van der Waals surface area contributed by atoms with Crippen molar-refractivity contribution in [3.8, 4) is 5.69 Å². The van der Waals surface area contributed by atoms with Crippen molar-refractivity contribution in [2.75, 3.05) is 0 Å². The number of benzene rings is 2. The van der Waals surface area contributed by atoms with E-state index in [0.29, 0.717) is 12.1 Å². The molecule has 5 nitrogen and oxygen atoms in total. The van der Waals surface area contributed by atoms with E-state index in [2.05, 4.69) is 10.2 Å². The fourth-order valence-electron chi connectivity index (χ4n) is 2.76. The second kappa shape index (κ2) is 5.53. The first kappa shape index (κ1) is 13.5. The maximum atomic E-state index is 13.0. The van der Waals surface area contributed by atoms with Crippen molar-refractivity contribution in [3.63, 3.8) is 0 Å². The summed E-state index contributed by atoms with van der Waals surface area (Å²) in [6, 6.07) is 19.5. The predicted molar refractivity (Wildman–Crippen MR) is 88.7 cm³/mol. The summed E-state index contributed by atoms with van der Waals surface area (Å²) in [5, 5.41) is 8.62. The number of hydrogen-bond donors (Lipinski definition) is 0. The van der Waals surface area contributed by atoms with Gasteiger partial charge >= 0.3 is 0 Å². The molecule has 2 heterocycles. The van der Waals surface area contributed by atoms with Gasteiger partial charge in [0, 0.05) is 11.3 Å². The Hall–Kier alpha value is -3.21. The molecule has 0 atom stereocenters. The van der Waals surface area contributed by atoms with E-state index in [0.717, 1.165) is 16.6 Å². The van der Waals surface area contributed by atoms with E-state index in [1.807, 2.05) is 60.7 Å². The molecule has 0 saturated heterocycles. The fraction of sp³-hybridized carbons (Fsp3) is 0.0556. The molecular formula is C18H14N4O. The van der Waals surface area contributed by atoms with Crippen LogP contribution in [-0.4, -0.2) is 19.3 Å². The summed E-state index contributed by atoms with van der Waals surface area (Å²) in [5.41, 5.74) is 2.44. The first-order chi connectivity index (χ1) is 11.3. The Morgan fingerprint density at radius 3 is 2.35 bits per heavy atom. The van der Waals surface area contributed by atoms with Gasteiger partial charge < -0.3 is 4.57 Å². The summed E-state index contributed by atoms with van der Waals surface area (Å²) < 4.78 is 3.55. The van der Waals surface area contributed by atoms with Crippen molar-refractivity contribution in [1.29, 1.82) is 0 Å². The van der Waals surface area contributed by atoms with Crippen LogP contribution in [0.25, 0.3) is 16.6 Å². The van der Waals surface area contributed by atoms with E-state index in [-0.39, 0.29) is 5.56 Å². The lowest BCUT2D eigenvalue weighted by molar-refractivity contribution is 0.778. The Kier molecular flexibility index (Phi) is 3.24. The number of pyridine rings is 1. The van der Waals surface area contributed by atoms with Gasteiger partial charge in [0.15, 0.2) is 0 Å². The third-order valence-electron chi connectivity index (χ3n) is 3.82. The Labute approximate surface area is 132 Å². The molecule has 0 aliphatic carbocycles. The molecule has 0 fully saturated rings. The molecule has 0 aliphatic heterocycles. The third kappa shape index (κ3) is 2.42. The number of para-hydroxylation sites is 2. The highest BCUT2D eigenvalue weighted by molar-refractivity contribution is 5.81. The Morgan fingerprint density at radius 2 is 1.57 bits per heavy atom. The lowest BCUT2D eigenvalue weighted by Gasteiger charge is -2.13. The van der Waals surface area contributed by atoms with Gasteiger partial charge in [-0.15, -0.1) is 10.2 Å². The molecule has 2 aromatic heterocycles. The van der Waals surface area contributed by atoms with Crippen LogP contribution in [0.1, 0.15) is 5.56 Å². The second-order valence-electron chi connectivity index (χ2n) is 5.34. The van der Waals surface area contributed by atoms with Crippen LogP contribution in [0.4, 0.5) is 0 Å². The first-order valence-electron chi connectivity index (χ1n) is 7.34. The maximum absolute atomic E-state index is 13.0. The molecule has 2 aromatic carbocycles. The highest BCUT2D eigenvalue weighted by Gasteiger charge is 2.11. The molecule has 0 radical (unpaired) electrons. The first-order valence-corrected chi connectivity index (χ1v) is 7.34. The topological polar surface area (TPSA) is 52.7 Å². The number of rotatable bonds is 3. The van der Waals surface area contributed by atoms with Crippen LogP contribution in [0.5, 0.6) is 0 Å². The molecule has 0 N–H and O–H groups in total. The number of aromatic nitrogens is 4. The zero-order valence-corrected chi connectivity index (χ0v) is 12.3. The molecule has 0 amide bonds. The molecule has 0 bridgehead atoms. The molecule has 0 saturated carbocycles. The summed E-state index contributed by atoms with van der Waals surface area (Å²) in [5.74, 6) is 0. The van der Waals surface area contributed by atoms with E-state index in [4.69, 9.17) is 0 Å². The average Bonchev–Trinajstić information content (AvgIpc) is 3.09. The summed E-state index contributed by atoms with van der Waals surface area (Å²) in [4.78, 5) is 13.0. The summed E-state index contributed by atoms with van der Waals surface area (Å²) in [6.45, 7) is 0.448. The quantitative estimate of drug-likeness (QED) is 0.584. The van der Waals surface area contributed by atoms with Crippen molar-refractivity contribution in [3.05, 3.63) is 89.2 Å². The molecular weight excluding hydrogens is 288 g/mol. The number of fused-ring (bicyclic) bond motifs is 1. The largest absolute Gasteiger partial charge is 0.315 e. The lowest BCUT2D eigenvalue weighted by Crippen LogP contribution is -2.24. The Bertz CT molecular complexity index is 1000. The Balaban J connectivity index is 1.99. The number of nitrogens with zero attached hydrogens (tertiary/aromatic N) is 4. The van der Waals surface area contributed by atoms with Crippen molar-refractivity contribution >= 4 is 10.9 Å². The Morgan fingerprint density at radius 1 is 0.870 bits per heavy atom. The number of hydrogen-bond acceptors (Lipinski definition) is 3. The normalized spacial score (nSPS) is 11.0. The molecule has 0 unspecified atom stereocenters. The van der Waals surface area contributed by atoms with E-state index in [1.165, 1.54) is 0 Å². The minimum absolute atomic E-state index is 0.0244. The molecule has 4 aromatic rings. The molecule has 112 valence electrons. The van der Waals surface area contributed by atoms with Gasteiger partial charge in [-0.2, -0.15) is 0 Å². The van der Waals surface area contributed by atoms with Crippen molar-refractivity contribution in [1.82, 2.24) is 19.3 Å². The summed E-state index contributed by atoms with van der Waals surface area (Å²) in [7, 11) is 0. The van der Waals surface area contributed by atoms with E-state index < -0.39 is 0 Å². The smallest absolute Gasteiger partial charge is 0.260 e. The lowest BCUT2D eigenvalue weighted by atomic mass is 10.1. The molecule has 4 rings (SSSR count). The minimum Gasteiger partial charge on any atom is -0.315 e. The molecule has 0 spiro atoms. The van der Waals surface area contributed by atoms with Gasteiger partial charge in [-0.3, -0.25) is 9.36 Å². The van der Waals surface area contributed by atoms with E-state index in [9.17, 15) is 4.79 Å². The second-order valence-corrected chi connectivity index (χ2v) is 5.34. The fourth-order valence-corrected chi connectivity index (χ4v) is 2.76. The standard InChI is InChI=1S/C18H14N4O/c23-18-15(11-21-12-19-20-13-21)10-14-6-4-5-9-17(14)22(18)16-7-2-1-3-8-16/h1-10,12-13H,11H2. The maximum Gasteiger partial charge on any atom is 0.260 e. The van der Waals surface area contributed by atoms with Crippen LogP contribution in [-0.2, 0) is 6.54 Å². The van der Waals surface area contributed by atoms with Gasteiger partial charge in [-0.05, 0) is 29.7 Å². The van der Waals surface area contributed by atoms with Crippen molar-refractivity contribution in [2.45, 2.75) is 6.54 Å². The van der Waals surface area contributed by atoms with Gasteiger partial charge in [0.2, 0.25) is 0 Å². The minimum atomic E-state index is -0.0244. The van der Waals surface area contributed by atoms with Gasteiger partial charge in [-0.25, -0.2) is 0 Å². The van der Waals surface area contributed by atoms with Crippen molar-refractivity contribution in [2.24, 2.45) is 0 Å². The van der Waals surface area contributed by atoms with Crippen LogP contribution in [0.3, 0.4) is 0 Å². The van der Waals surface area contributed by atoms with Crippen LogP contribution in [0.2, 0.25) is 0 Å². The van der Waals surface area contributed by atoms with Crippen LogP contribution in [0.15, 0.2) is 78.1 Å². The van der Waals surface area contributed by atoms with Crippen LogP contribution >= 0.6 is 0 Å². The monoisotopic (exact) mass is 302 g/mol. The summed E-state index contributed by atoms with van der Waals surface area (Å²) >= 11 is 0. The zero-order valence-electron chi connectivity index (χ0n) is 12.3. The van der Waals surface area contributed by atoms with Crippen LogP contribution < -0.4 is 5.56 Å². The van der Waals surface area contributed by atoms with Gasteiger partial charge in [-0.1, -0.05) is 36.4 Å². The predicted octanol–water partition coefficient (Wildman–Crippen LogP) is 2.63. The molecule has 0 aliphatic rings. The van der Waals surface area contributed by atoms with E-state index in [1.54, 1.807) is 21.8 Å². The highest BCUT2D eigenvalue weighted by atomic mass is 16.1. The third-order valence-corrected chi connectivity index (χ3v) is 3.82. The van der Waals surface area contributed by atoms with E-state index >= 15 is 0 Å². The summed E-state index contributed by atoms with van der Waals surface area (Å²) in [6.07, 6.45) is 3.23.